The first-order valence-electron chi connectivity index (χ1n) is 14.6. The van der Waals surface area contributed by atoms with Crippen molar-refractivity contribution in [2.75, 3.05) is 14.2 Å². The second-order valence-corrected chi connectivity index (χ2v) is 10.8. The fourth-order valence-electron chi connectivity index (χ4n) is 6.45. The average molecular weight is 584 g/mol. The number of amidine groups is 1. The molecule has 0 spiro atoms. The van der Waals surface area contributed by atoms with Crippen molar-refractivity contribution in [1.29, 1.82) is 0 Å². The molecule has 6 heteroatoms. The van der Waals surface area contributed by atoms with Gasteiger partial charge in [-0.3, -0.25) is 0 Å². The summed E-state index contributed by atoms with van der Waals surface area (Å²) < 4.78 is 13.4. The maximum atomic E-state index is 14.2. The molecule has 2 atom stereocenters. The van der Waals surface area contributed by atoms with Crippen molar-refractivity contribution in [3.63, 3.8) is 0 Å². The van der Waals surface area contributed by atoms with Crippen LogP contribution < -0.4 is 9.47 Å². The third-order valence-electron chi connectivity index (χ3n) is 8.33. The van der Waals surface area contributed by atoms with Crippen molar-refractivity contribution >= 4 is 11.8 Å². The minimum atomic E-state index is -1.49. The summed E-state index contributed by atoms with van der Waals surface area (Å²) >= 11 is 0. The number of ether oxygens (including phenoxy) is 2. The van der Waals surface area contributed by atoms with Gasteiger partial charge in [0.15, 0.2) is 17.5 Å². The van der Waals surface area contributed by atoms with E-state index in [0.717, 1.165) is 28.1 Å². The highest BCUT2D eigenvalue weighted by atomic mass is 16.5. The number of hydrogen-bond donors (Lipinski definition) is 1. The highest BCUT2D eigenvalue weighted by Gasteiger charge is 2.67. The molecule has 0 fully saturated rings. The number of methoxy groups -OCH3 is 2. The Morgan fingerprint density at radius 1 is 0.727 bits per heavy atom. The molecule has 1 aliphatic rings. The van der Waals surface area contributed by atoms with Gasteiger partial charge in [-0.15, -0.1) is 0 Å². The van der Waals surface area contributed by atoms with E-state index in [2.05, 4.69) is 33.7 Å². The Bertz CT molecular complexity index is 1760. The van der Waals surface area contributed by atoms with Crippen molar-refractivity contribution < 1.29 is 24.0 Å². The number of carbonyl (C=O) groups is 1. The Labute approximate surface area is 258 Å². The van der Waals surface area contributed by atoms with E-state index >= 15 is 0 Å². The zero-order valence-electron chi connectivity index (χ0n) is 24.8. The molecule has 6 nitrogen and oxygen atoms in total. The number of nitrogens with zero attached hydrogens (tertiary/aromatic N) is 2. The van der Waals surface area contributed by atoms with Gasteiger partial charge in [0.25, 0.3) is 11.4 Å². The van der Waals surface area contributed by atoms with E-state index in [4.69, 9.17) is 9.47 Å². The molecule has 1 heterocycles. The zero-order valence-corrected chi connectivity index (χ0v) is 24.8. The van der Waals surface area contributed by atoms with E-state index in [9.17, 15) is 9.90 Å². The lowest BCUT2D eigenvalue weighted by Crippen LogP contribution is -2.53. The molecular weight excluding hydrogens is 548 g/mol. The molecule has 1 aliphatic heterocycles. The van der Waals surface area contributed by atoms with Crippen LogP contribution in [0.2, 0.25) is 0 Å². The first-order chi connectivity index (χ1) is 21.6. The summed E-state index contributed by atoms with van der Waals surface area (Å²) in [6.07, 6.45) is 0. The summed E-state index contributed by atoms with van der Waals surface area (Å²) in [4.78, 5) is 16.3. The predicted octanol–water partition coefficient (Wildman–Crippen LogP) is 6.90. The fraction of sp³-hybridized carbons (Fsp3) is 0.158. The van der Waals surface area contributed by atoms with E-state index in [1.807, 2.05) is 115 Å². The summed E-state index contributed by atoms with van der Waals surface area (Å²) in [5.74, 6) is 1.11. The molecule has 0 bridgehead atoms. The quantitative estimate of drug-likeness (QED) is 0.181. The van der Waals surface area contributed by atoms with E-state index in [1.165, 1.54) is 0 Å². The minimum Gasteiger partial charge on any atom is -0.493 e. The fourth-order valence-corrected chi connectivity index (χ4v) is 6.45. The van der Waals surface area contributed by atoms with Crippen LogP contribution in [0.4, 0.5) is 0 Å². The topological polar surface area (TPSA) is 62.0 Å². The molecule has 0 aromatic heterocycles. The van der Waals surface area contributed by atoms with E-state index in [-0.39, 0.29) is 0 Å². The molecule has 0 radical (unpaired) electrons. The number of benzene rings is 5. The Balaban J connectivity index is 1.69. The van der Waals surface area contributed by atoms with Gasteiger partial charge >= 0.3 is 5.97 Å². The summed E-state index contributed by atoms with van der Waals surface area (Å²) in [6, 6.07) is 45.1. The summed E-state index contributed by atoms with van der Waals surface area (Å²) in [7, 11) is 3.22. The lowest BCUT2D eigenvalue weighted by molar-refractivity contribution is -0.586. The maximum Gasteiger partial charge on any atom is 0.362 e. The van der Waals surface area contributed by atoms with Crippen molar-refractivity contribution in [2.45, 2.75) is 24.7 Å². The Hall–Kier alpha value is -5.36. The Morgan fingerprint density at radius 3 is 1.89 bits per heavy atom. The predicted molar refractivity (Wildman–Crippen MR) is 171 cm³/mol. The molecule has 1 N–H and O–H groups in total. The molecule has 0 saturated heterocycles. The van der Waals surface area contributed by atoms with Crippen LogP contribution in [-0.4, -0.2) is 40.6 Å². The smallest absolute Gasteiger partial charge is 0.362 e. The first kappa shape index (κ1) is 28.7. The van der Waals surface area contributed by atoms with Crippen molar-refractivity contribution in [1.82, 2.24) is 4.90 Å². The normalized spacial score (nSPS) is 17.9. The third-order valence-corrected chi connectivity index (χ3v) is 8.33. The van der Waals surface area contributed by atoms with Crippen LogP contribution in [0, 0.1) is 0 Å². The number of rotatable bonds is 10. The molecule has 6 rings (SSSR count). The molecule has 0 aliphatic carbocycles. The van der Waals surface area contributed by atoms with E-state index in [1.54, 1.807) is 14.2 Å². The standard InChI is InChI=1S/C38H34N2O4/c1-43-33-24-23-29(25-34(33)44-2)27-40-36(31-19-11-5-12-20-31)39(26-28-15-7-3-8-16-28)35(30-17-9-4-10-18-30)38(40,37(41)42)32-21-13-6-14-22-32/h3-25,35H,26-27H2,1-2H3/p+1. The summed E-state index contributed by atoms with van der Waals surface area (Å²) in [6.45, 7) is 0.815. The number of hydrogen-bond acceptors (Lipinski definition) is 4. The van der Waals surface area contributed by atoms with Crippen LogP contribution in [0.25, 0.3) is 0 Å². The molecular formula is C38H35N2O4+. The average Bonchev–Trinajstić information content (AvgIpc) is 3.36. The monoisotopic (exact) mass is 583 g/mol. The first-order valence-corrected chi connectivity index (χ1v) is 14.6. The van der Waals surface area contributed by atoms with Crippen LogP contribution in [-0.2, 0) is 23.4 Å². The van der Waals surface area contributed by atoms with Gasteiger partial charge in [-0.1, -0.05) is 115 Å². The lowest BCUT2D eigenvalue weighted by atomic mass is 9.78. The third kappa shape index (κ3) is 5.09. The summed E-state index contributed by atoms with van der Waals surface area (Å²) in [5, 5.41) is 11.6. The second-order valence-electron chi connectivity index (χ2n) is 10.8. The van der Waals surface area contributed by atoms with Gasteiger partial charge in [-0.2, -0.15) is 0 Å². The molecule has 0 saturated carbocycles. The van der Waals surface area contributed by atoms with Gasteiger partial charge in [0, 0.05) is 11.1 Å². The van der Waals surface area contributed by atoms with Crippen LogP contribution in [0.1, 0.15) is 33.9 Å². The number of carboxylic acid groups (broad SMARTS) is 1. The second kappa shape index (κ2) is 12.5. The minimum absolute atomic E-state index is 0.306. The summed E-state index contributed by atoms with van der Waals surface area (Å²) in [5.41, 5.74) is 3.04. The van der Waals surface area contributed by atoms with Crippen LogP contribution in [0.15, 0.2) is 140 Å². The highest BCUT2D eigenvalue weighted by Crippen LogP contribution is 2.50. The molecule has 5 aromatic carbocycles. The van der Waals surface area contributed by atoms with Gasteiger partial charge in [0.2, 0.25) is 0 Å². The van der Waals surface area contributed by atoms with Crippen LogP contribution >= 0.6 is 0 Å². The van der Waals surface area contributed by atoms with Gasteiger partial charge in [0.1, 0.15) is 13.1 Å². The number of aliphatic carboxylic acids is 1. The number of carboxylic acids is 1. The molecule has 5 aromatic rings. The Kier molecular flexibility index (Phi) is 8.15. The molecule has 44 heavy (non-hydrogen) atoms. The van der Waals surface area contributed by atoms with E-state index in [0.29, 0.717) is 30.2 Å². The van der Waals surface area contributed by atoms with E-state index < -0.39 is 17.6 Å². The lowest BCUT2D eigenvalue weighted by Gasteiger charge is -2.35. The van der Waals surface area contributed by atoms with Crippen LogP contribution in [0.5, 0.6) is 11.5 Å². The Morgan fingerprint density at radius 2 is 1.30 bits per heavy atom. The molecule has 220 valence electrons. The van der Waals surface area contributed by atoms with Crippen molar-refractivity contribution in [3.05, 3.63) is 167 Å². The SMILES string of the molecule is COc1ccc(CN2C(c3ccccc3)=[N+](Cc3ccccc3)C(c3ccccc3)C2(C(=O)O)c2ccccc2)cc1OC. The largest absolute Gasteiger partial charge is 0.493 e. The van der Waals surface area contributed by atoms with Gasteiger partial charge in [-0.25, -0.2) is 14.3 Å². The highest BCUT2D eigenvalue weighted by molar-refractivity contribution is 6.01. The van der Waals surface area contributed by atoms with Gasteiger partial charge < -0.3 is 14.6 Å². The van der Waals surface area contributed by atoms with Crippen LogP contribution in [0.3, 0.4) is 0 Å². The molecule has 2 unspecified atom stereocenters. The molecule has 0 amide bonds. The zero-order chi connectivity index (χ0) is 30.5. The van der Waals surface area contributed by atoms with Gasteiger partial charge in [0.05, 0.1) is 19.8 Å². The maximum absolute atomic E-state index is 14.2. The van der Waals surface area contributed by atoms with Crippen molar-refractivity contribution in [3.8, 4) is 11.5 Å². The van der Waals surface area contributed by atoms with Gasteiger partial charge in [-0.05, 0) is 35.4 Å². The van der Waals surface area contributed by atoms with Crippen molar-refractivity contribution in [2.24, 2.45) is 0 Å².